The van der Waals surface area contributed by atoms with E-state index in [-0.39, 0.29) is 16.3 Å². The van der Waals surface area contributed by atoms with E-state index in [0.717, 1.165) is 0 Å². The molecular weight excluding hydrogens is 337 g/mol. The van der Waals surface area contributed by atoms with Crippen LogP contribution in [-0.2, 0) is 0 Å². The van der Waals surface area contributed by atoms with Crippen molar-refractivity contribution in [1.82, 2.24) is 9.99 Å². The fourth-order valence-corrected chi connectivity index (χ4v) is 2.43. The number of rotatable bonds is 2. The minimum atomic E-state index is -5.09. The number of halogens is 3. The number of nitrogens with zero attached hydrogens (tertiary/aromatic N) is 3. The van der Waals surface area contributed by atoms with Crippen molar-refractivity contribution in [3.8, 4) is 0 Å². The van der Waals surface area contributed by atoms with Crippen LogP contribution in [-0.4, -0.2) is 38.6 Å². The first-order chi connectivity index (χ1) is 11.7. The largest absolute Gasteiger partial charge is 0.438 e. The first-order valence-corrected chi connectivity index (χ1v) is 7.19. The Hall–Kier alpha value is -2.94. The summed E-state index contributed by atoms with van der Waals surface area (Å²) in [7, 11) is 0. The van der Waals surface area contributed by atoms with Gasteiger partial charge in [0, 0.05) is 29.2 Å². The number of benzene rings is 1. The fourth-order valence-electron chi connectivity index (χ4n) is 2.43. The highest BCUT2D eigenvalue weighted by Gasteiger charge is 2.63. The van der Waals surface area contributed by atoms with Gasteiger partial charge < -0.3 is 10.8 Å². The van der Waals surface area contributed by atoms with Gasteiger partial charge in [0.05, 0.1) is 12.1 Å². The number of carbonyl (C=O) groups excluding carboxylic acids is 1. The van der Waals surface area contributed by atoms with Gasteiger partial charge in [0.2, 0.25) is 0 Å². The van der Waals surface area contributed by atoms with Gasteiger partial charge in [-0.1, -0.05) is 0 Å². The number of hydrogen-bond donors (Lipinski definition) is 2. The summed E-state index contributed by atoms with van der Waals surface area (Å²) >= 11 is 0. The lowest BCUT2D eigenvalue weighted by Gasteiger charge is -2.32. The van der Waals surface area contributed by atoms with Crippen LogP contribution >= 0.6 is 0 Å². The molecule has 3 rings (SSSR count). The summed E-state index contributed by atoms with van der Waals surface area (Å²) in [4.78, 5) is 16.3. The maximum absolute atomic E-state index is 13.5. The monoisotopic (exact) mass is 350 g/mol. The first kappa shape index (κ1) is 16.9. The lowest BCUT2D eigenvalue weighted by atomic mass is 10.0. The van der Waals surface area contributed by atoms with E-state index in [1.54, 1.807) is 0 Å². The molecule has 0 saturated carbocycles. The summed E-state index contributed by atoms with van der Waals surface area (Å²) in [5, 5.41) is 14.1. The van der Waals surface area contributed by atoms with Crippen molar-refractivity contribution in [2.75, 3.05) is 5.73 Å². The number of hydrazone groups is 1. The molecule has 0 fully saturated rings. The standard InChI is InChI=1S/C16H13F3N4O2/c17-16(18,19)15(25)9-13(10-5-7-21-8-6-10)22-23(15)14(24)11-1-3-12(20)4-2-11/h1-8,25H,9,20H2/t15-/m0/s1. The van der Waals surface area contributed by atoms with Crippen LogP contribution in [0.3, 0.4) is 0 Å². The van der Waals surface area contributed by atoms with Gasteiger partial charge >= 0.3 is 6.18 Å². The van der Waals surface area contributed by atoms with E-state index in [0.29, 0.717) is 11.3 Å². The van der Waals surface area contributed by atoms with E-state index in [4.69, 9.17) is 5.73 Å². The Morgan fingerprint density at radius 2 is 1.76 bits per heavy atom. The van der Waals surface area contributed by atoms with Crippen molar-refractivity contribution in [3.63, 3.8) is 0 Å². The topological polar surface area (TPSA) is 91.8 Å². The number of anilines is 1. The summed E-state index contributed by atoms with van der Waals surface area (Å²) < 4.78 is 40.4. The molecule has 9 heteroatoms. The first-order valence-electron chi connectivity index (χ1n) is 7.19. The maximum Gasteiger partial charge on any atom is 0.438 e. The third kappa shape index (κ3) is 2.93. The van der Waals surface area contributed by atoms with Gasteiger partial charge in [-0.2, -0.15) is 23.3 Å². The third-order valence-electron chi connectivity index (χ3n) is 3.80. The second kappa shape index (κ2) is 5.85. The number of hydrogen-bond acceptors (Lipinski definition) is 5. The quantitative estimate of drug-likeness (QED) is 0.812. The zero-order valence-electron chi connectivity index (χ0n) is 12.7. The van der Waals surface area contributed by atoms with Gasteiger partial charge in [0.1, 0.15) is 0 Å². The van der Waals surface area contributed by atoms with E-state index in [9.17, 15) is 23.1 Å². The molecule has 0 unspecified atom stereocenters. The molecular formula is C16H13F3N4O2. The van der Waals surface area contributed by atoms with Crippen molar-refractivity contribution in [1.29, 1.82) is 0 Å². The summed E-state index contributed by atoms with van der Waals surface area (Å²) in [5.41, 5.74) is 2.64. The number of nitrogen functional groups attached to an aromatic ring is 1. The lowest BCUT2D eigenvalue weighted by Crippen LogP contribution is -2.56. The fraction of sp³-hybridized carbons (Fsp3) is 0.188. The number of aliphatic hydroxyl groups is 1. The van der Waals surface area contributed by atoms with Crippen LogP contribution in [0.25, 0.3) is 0 Å². The summed E-state index contributed by atoms with van der Waals surface area (Å²) in [6, 6.07) is 8.20. The Labute approximate surface area is 140 Å². The zero-order chi connectivity index (χ0) is 18.2. The van der Waals surface area contributed by atoms with Gasteiger partial charge in [-0.15, -0.1) is 0 Å². The van der Waals surface area contributed by atoms with Gasteiger partial charge in [0.25, 0.3) is 11.6 Å². The van der Waals surface area contributed by atoms with Gasteiger partial charge in [0.15, 0.2) is 0 Å². The second-order valence-corrected chi connectivity index (χ2v) is 5.51. The SMILES string of the molecule is Nc1ccc(C(=O)N2N=C(c3ccncc3)C[C@]2(O)C(F)(F)F)cc1. The molecule has 0 bridgehead atoms. The van der Waals surface area contributed by atoms with Crippen LogP contribution in [0.1, 0.15) is 22.3 Å². The van der Waals surface area contributed by atoms with E-state index in [1.165, 1.54) is 48.8 Å². The summed E-state index contributed by atoms with van der Waals surface area (Å²) in [6.45, 7) is 0. The maximum atomic E-state index is 13.5. The molecule has 0 spiro atoms. The van der Waals surface area contributed by atoms with Crippen molar-refractivity contribution < 1.29 is 23.1 Å². The number of aromatic nitrogens is 1. The molecule has 25 heavy (non-hydrogen) atoms. The molecule has 0 saturated heterocycles. The predicted molar refractivity (Wildman–Crippen MR) is 83.4 cm³/mol. The van der Waals surface area contributed by atoms with Crippen LogP contribution in [0.4, 0.5) is 18.9 Å². The van der Waals surface area contributed by atoms with Crippen molar-refractivity contribution in [2.45, 2.75) is 18.3 Å². The zero-order valence-corrected chi connectivity index (χ0v) is 12.7. The smallest absolute Gasteiger partial charge is 0.399 e. The summed E-state index contributed by atoms with van der Waals surface area (Å²) in [5.74, 6) is -1.08. The molecule has 2 aromatic rings. The summed E-state index contributed by atoms with van der Waals surface area (Å²) in [6.07, 6.45) is -3.19. The molecule has 130 valence electrons. The van der Waals surface area contributed by atoms with Crippen molar-refractivity contribution in [3.05, 3.63) is 59.9 Å². The van der Waals surface area contributed by atoms with Crippen LogP contribution in [0.2, 0.25) is 0 Å². The molecule has 1 aromatic heterocycles. The molecule has 0 radical (unpaired) electrons. The predicted octanol–water partition coefficient (Wildman–Crippen LogP) is 2.16. The van der Waals surface area contributed by atoms with E-state index >= 15 is 0 Å². The van der Waals surface area contributed by atoms with Crippen LogP contribution in [0, 0.1) is 0 Å². The van der Waals surface area contributed by atoms with Gasteiger partial charge in [-0.05, 0) is 36.4 Å². The minimum absolute atomic E-state index is 0.0639. The molecule has 1 amide bonds. The Morgan fingerprint density at radius 1 is 1.16 bits per heavy atom. The highest BCUT2D eigenvalue weighted by atomic mass is 19.4. The molecule has 1 atom stereocenters. The van der Waals surface area contributed by atoms with Crippen LogP contribution in [0.15, 0.2) is 53.9 Å². The van der Waals surface area contributed by atoms with Gasteiger partial charge in [-0.25, -0.2) is 0 Å². The molecule has 1 aliphatic rings. The Morgan fingerprint density at radius 3 is 2.32 bits per heavy atom. The Balaban J connectivity index is 2.04. The molecule has 0 aliphatic carbocycles. The van der Waals surface area contributed by atoms with E-state index in [2.05, 4.69) is 10.1 Å². The minimum Gasteiger partial charge on any atom is -0.399 e. The van der Waals surface area contributed by atoms with E-state index < -0.39 is 24.2 Å². The number of alkyl halides is 3. The van der Waals surface area contributed by atoms with Crippen LogP contribution < -0.4 is 5.73 Å². The lowest BCUT2D eigenvalue weighted by molar-refractivity contribution is -0.297. The third-order valence-corrected chi connectivity index (χ3v) is 3.80. The highest BCUT2D eigenvalue weighted by Crippen LogP contribution is 2.41. The van der Waals surface area contributed by atoms with Crippen LogP contribution in [0.5, 0.6) is 0 Å². The number of nitrogens with two attached hydrogens (primary N) is 1. The van der Waals surface area contributed by atoms with E-state index in [1.807, 2.05) is 0 Å². The highest BCUT2D eigenvalue weighted by molar-refractivity contribution is 6.05. The average molecular weight is 350 g/mol. The molecule has 1 aromatic carbocycles. The van der Waals surface area contributed by atoms with Gasteiger partial charge in [-0.3, -0.25) is 9.78 Å². The van der Waals surface area contributed by atoms with Crippen molar-refractivity contribution >= 4 is 17.3 Å². The average Bonchev–Trinajstić information content (AvgIpc) is 2.95. The Bertz CT molecular complexity index is 822. The number of carbonyl (C=O) groups is 1. The molecule has 6 nitrogen and oxygen atoms in total. The normalized spacial score (nSPS) is 20.5. The Kier molecular flexibility index (Phi) is 3.96. The number of pyridine rings is 1. The molecule has 3 N–H and O–H groups in total. The van der Waals surface area contributed by atoms with Crippen molar-refractivity contribution in [2.24, 2.45) is 5.10 Å². The molecule has 1 aliphatic heterocycles. The second-order valence-electron chi connectivity index (χ2n) is 5.51. The molecule has 2 heterocycles. The number of amides is 1.